The monoisotopic (exact) mass is 263 g/mol. The summed E-state index contributed by atoms with van der Waals surface area (Å²) in [4.78, 5) is 10.9. The Kier molecular flexibility index (Phi) is 3.20. The van der Waals surface area contributed by atoms with Gasteiger partial charge in [0.2, 0.25) is 0 Å². The van der Waals surface area contributed by atoms with Gasteiger partial charge >= 0.3 is 0 Å². The molecule has 2 heterocycles. The van der Waals surface area contributed by atoms with E-state index in [2.05, 4.69) is 20.0 Å². The molecule has 7 heteroatoms. The molecule has 1 saturated heterocycles. The number of nitrogens with two attached hydrogens (primary N) is 1. The van der Waals surface area contributed by atoms with Gasteiger partial charge in [-0.1, -0.05) is 5.16 Å². The second-order valence-electron chi connectivity index (χ2n) is 4.81. The van der Waals surface area contributed by atoms with E-state index >= 15 is 0 Å². The summed E-state index contributed by atoms with van der Waals surface area (Å²) in [6, 6.07) is 0. The highest BCUT2D eigenvalue weighted by atomic mass is 16.5. The molecule has 1 aliphatic carbocycles. The molecule has 3 rings (SSSR count). The minimum Gasteiger partial charge on any atom is -0.409 e. The highest BCUT2D eigenvalue weighted by molar-refractivity contribution is 5.85. The van der Waals surface area contributed by atoms with E-state index < -0.39 is 0 Å². The molecule has 7 nitrogen and oxygen atoms in total. The van der Waals surface area contributed by atoms with Gasteiger partial charge in [-0.3, -0.25) is 0 Å². The van der Waals surface area contributed by atoms with Crippen LogP contribution in [0.5, 0.6) is 0 Å². The fourth-order valence-corrected chi connectivity index (χ4v) is 2.70. The average molecular weight is 263 g/mol. The smallest absolute Gasteiger partial charge is 0.170 e. The molecule has 1 atom stereocenters. The lowest BCUT2D eigenvalue weighted by atomic mass is 10.2. The number of fused-ring (bicyclic) bond motifs is 1. The average Bonchev–Trinajstić information content (AvgIpc) is 2.94. The van der Waals surface area contributed by atoms with Gasteiger partial charge in [-0.2, -0.15) is 0 Å². The lowest BCUT2D eigenvalue weighted by molar-refractivity contribution is 0.0803. The first-order valence-corrected chi connectivity index (χ1v) is 6.46. The maximum Gasteiger partial charge on any atom is 0.170 e. The zero-order valence-electron chi connectivity index (χ0n) is 10.6. The van der Waals surface area contributed by atoms with Crippen molar-refractivity contribution >= 4 is 11.7 Å². The third-order valence-electron chi connectivity index (χ3n) is 3.66. The Labute approximate surface area is 111 Å². The van der Waals surface area contributed by atoms with Gasteiger partial charge in [-0.25, -0.2) is 9.97 Å². The number of morpholine rings is 1. The summed E-state index contributed by atoms with van der Waals surface area (Å²) in [6.07, 6.45) is 4.42. The maximum atomic E-state index is 8.74. The van der Waals surface area contributed by atoms with Crippen molar-refractivity contribution in [2.24, 2.45) is 10.9 Å². The number of aromatic nitrogens is 2. The van der Waals surface area contributed by atoms with Crippen molar-refractivity contribution in [3.05, 3.63) is 17.6 Å². The third-order valence-corrected chi connectivity index (χ3v) is 3.66. The van der Waals surface area contributed by atoms with Crippen LogP contribution in [0.4, 0.5) is 5.82 Å². The third kappa shape index (κ3) is 2.21. The van der Waals surface area contributed by atoms with E-state index in [-0.39, 0.29) is 11.9 Å². The van der Waals surface area contributed by atoms with E-state index in [1.165, 1.54) is 5.56 Å². The Morgan fingerprint density at radius 1 is 1.47 bits per heavy atom. The molecule has 1 aromatic rings. The van der Waals surface area contributed by atoms with Crippen molar-refractivity contribution in [3.63, 3.8) is 0 Å². The molecule has 19 heavy (non-hydrogen) atoms. The summed E-state index contributed by atoms with van der Waals surface area (Å²) < 4.78 is 5.50. The number of amidine groups is 1. The minimum absolute atomic E-state index is 0.107. The number of hydrogen-bond donors (Lipinski definition) is 2. The standard InChI is InChI=1S/C12H17N5O2/c13-11(16-18)10-6-17(4-5-19-10)12-8-2-1-3-9(8)14-7-15-12/h7,10,18H,1-6H2,(H2,13,16). The van der Waals surface area contributed by atoms with Crippen LogP contribution in [0, 0.1) is 0 Å². The molecule has 1 fully saturated rings. The number of oxime groups is 1. The number of aryl methyl sites for hydroxylation is 1. The van der Waals surface area contributed by atoms with Crippen LogP contribution in [0.3, 0.4) is 0 Å². The number of nitrogens with zero attached hydrogens (tertiary/aromatic N) is 4. The molecule has 0 aromatic carbocycles. The summed E-state index contributed by atoms with van der Waals surface area (Å²) >= 11 is 0. The molecule has 0 bridgehead atoms. The van der Waals surface area contributed by atoms with Crippen LogP contribution in [0.1, 0.15) is 17.7 Å². The molecule has 0 amide bonds. The summed E-state index contributed by atoms with van der Waals surface area (Å²) in [5, 5.41) is 11.8. The highest BCUT2D eigenvalue weighted by Gasteiger charge is 2.28. The maximum absolute atomic E-state index is 8.74. The molecule has 0 saturated carbocycles. The van der Waals surface area contributed by atoms with Gasteiger partial charge in [0.15, 0.2) is 5.84 Å². The van der Waals surface area contributed by atoms with Crippen molar-refractivity contribution in [1.29, 1.82) is 0 Å². The predicted octanol–water partition coefficient (Wildman–Crippen LogP) is -0.0831. The Morgan fingerprint density at radius 3 is 3.21 bits per heavy atom. The zero-order valence-corrected chi connectivity index (χ0v) is 10.6. The highest BCUT2D eigenvalue weighted by Crippen LogP contribution is 2.28. The molecule has 1 aliphatic heterocycles. The SMILES string of the molecule is NC(=NO)C1CN(c2ncnc3c2CCC3)CCO1. The number of anilines is 1. The number of ether oxygens (including phenoxy) is 1. The van der Waals surface area contributed by atoms with Gasteiger partial charge in [0.25, 0.3) is 0 Å². The molecular weight excluding hydrogens is 246 g/mol. The van der Waals surface area contributed by atoms with Gasteiger partial charge in [0.05, 0.1) is 13.2 Å². The van der Waals surface area contributed by atoms with Crippen molar-refractivity contribution in [3.8, 4) is 0 Å². The topological polar surface area (TPSA) is 96.9 Å². The van der Waals surface area contributed by atoms with Gasteiger partial charge in [0, 0.05) is 17.8 Å². The molecule has 3 N–H and O–H groups in total. The fourth-order valence-electron chi connectivity index (χ4n) is 2.70. The van der Waals surface area contributed by atoms with E-state index in [1.54, 1.807) is 6.33 Å². The Bertz CT molecular complexity index is 505. The lowest BCUT2D eigenvalue weighted by Gasteiger charge is -2.33. The minimum atomic E-state index is -0.384. The lowest BCUT2D eigenvalue weighted by Crippen LogP contribution is -2.49. The van der Waals surface area contributed by atoms with Crippen LogP contribution in [-0.4, -0.2) is 46.8 Å². The fraction of sp³-hybridized carbons (Fsp3) is 0.583. The van der Waals surface area contributed by atoms with Crippen LogP contribution in [0.25, 0.3) is 0 Å². The zero-order chi connectivity index (χ0) is 13.2. The first-order chi connectivity index (χ1) is 9.29. The van der Waals surface area contributed by atoms with Crippen LogP contribution in [-0.2, 0) is 17.6 Å². The Balaban J connectivity index is 1.84. The van der Waals surface area contributed by atoms with Gasteiger partial charge in [-0.05, 0) is 19.3 Å². The number of hydrogen-bond acceptors (Lipinski definition) is 6. The molecule has 102 valence electrons. The first kappa shape index (κ1) is 12.2. The van der Waals surface area contributed by atoms with Gasteiger partial charge in [-0.15, -0.1) is 0 Å². The van der Waals surface area contributed by atoms with Crippen molar-refractivity contribution < 1.29 is 9.94 Å². The number of rotatable bonds is 2. The quantitative estimate of drug-likeness (QED) is 0.335. The Hall–Kier alpha value is -1.89. The molecule has 2 aliphatic rings. The van der Waals surface area contributed by atoms with Gasteiger partial charge in [0.1, 0.15) is 18.2 Å². The second-order valence-corrected chi connectivity index (χ2v) is 4.81. The predicted molar refractivity (Wildman–Crippen MR) is 69.4 cm³/mol. The van der Waals surface area contributed by atoms with E-state index in [4.69, 9.17) is 15.7 Å². The summed E-state index contributed by atoms with van der Waals surface area (Å²) in [5.74, 6) is 1.08. The molecule has 0 radical (unpaired) electrons. The molecule has 1 aromatic heterocycles. The normalized spacial score (nSPS) is 23.5. The summed E-state index contributed by atoms with van der Waals surface area (Å²) in [5.41, 5.74) is 8.00. The molecule has 0 spiro atoms. The molecular formula is C12H17N5O2. The second kappa shape index (κ2) is 5.00. The largest absolute Gasteiger partial charge is 0.409 e. The van der Waals surface area contributed by atoms with Gasteiger partial charge < -0.3 is 20.6 Å². The van der Waals surface area contributed by atoms with Crippen LogP contribution < -0.4 is 10.6 Å². The van der Waals surface area contributed by atoms with Crippen molar-refractivity contribution in [2.45, 2.75) is 25.4 Å². The van der Waals surface area contributed by atoms with E-state index in [1.807, 2.05) is 0 Å². The van der Waals surface area contributed by atoms with E-state index in [0.29, 0.717) is 13.2 Å². The first-order valence-electron chi connectivity index (χ1n) is 6.46. The summed E-state index contributed by atoms with van der Waals surface area (Å²) in [7, 11) is 0. The van der Waals surface area contributed by atoms with E-state index in [0.717, 1.165) is 37.3 Å². The Morgan fingerprint density at radius 2 is 2.37 bits per heavy atom. The van der Waals surface area contributed by atoms with Crippen molar-refractivity contribution in [1.82, 2.24) is 9.97 Å². The van der Waals surface area contributed by atoms with Crippen LogP contribution in [0.2, 0.25) is 0 Å². The summed E-state index contributed by atoms with van der Waals surface area (Å²) in [6.45, 7) is 1.86. The van der Waals surface area contributed by atoms with Crippen LogP contribution >= 0.6 is 0 Å². The molecule has 1 unspecified atom stereocenters. The van der Waals surface area contributed by atoms with E-state index in [9.17, 15) is 0 Å². The van der Waals surface area contributed by atoms with Crippen molar-refractivity contribution in [2.75, 3.05) is 24.6 Å². The van der Waals surface area contributed by atoms with Crippen LogP contribution in [0.15, 0.2) is 11.5 Å².